The number of hydrogen-bond donors (Lipinski definition) is 3. The zero-order valence-corrected chi connectivity index (χ0v) is 10.3. The Bertz CT molecular complexity index is 407. The molecule has 92 valence electrons. The van der Waals surface area contributed by atoms with Crippen LogP contribution in [0.2, 0.25) is 0 Å². The third-order valence-corrected chi connectivity index (χ3v) is 2.45. The van der Waals surface area contributed by atoms with E-state index in [9.17, 15) is 9.59 Å². The molecular weight excluding hydrogens is 292 g/mol. The third-order valence-electron chi connectivity index (χ3n) is 1.98. The van der Waals surface area contributed by atoms with Crippen molar-refractivity contribution in [1.29, 1.82) is 0 Å². The second-order valence-corrected chi connectivity index (χ2v) is 4.15. The Kier molecular flexibility index (Phi) is 5.05. The minimum absolute atomic E-state index is 0.0440. The number of nitrogens with zero attached hydrogens (tertiary/aromatic N) is 1. The molecule has 1 aromatic rings. The van der Waals surface area contributed by atoms with E-state index in [4.69, 9.17) is 10.2 Å². The van der Waals surface area contributed by atoms with Crippen LogP contribution in [0.5, 0.6) is 0 Å². The number of amides is 1. The van der Waals surface area contributed by atoms with E-state index in [1.54, 1.807) is 6.07 Å². The summed E-state index contributed by atoms with van der Waals surface area (Å²) in [5, 5.41) is 19.7. The van der Waals surface area contributed by atoms with Gasteiger partial charge in [-0.3, -0.25) is 4.79 Å². The van der Waals surface area contributed by atoms with Gasteiger partial charge in [-0.05, 0) is 28.1 Å². The molecule has 1 heterocycles. The number of aliphatic hydroxyl groups is 1. The summed E-state index contributed by atoms with van der Waals surface area (Å²) < 4.78 is 0.721. The van der Waals surface area contributed by atoms with Crippen LogP contribution in [0.3, 0.4) is 0 Å². The van der Waals surface area contributed by atoms with Crippen LogP contribution in [0.15, 0.2) is 22.8 Å². The fourth-order valence-electron chi connectivity index (χ4n) is 1.13. The van der Waals surface area contributed by atoms with Crippen molar-refractivity contribution >= 4 is 27.8 Å². The van der Waals surface area contributed by atoms with Crippen molar-refractivity contribution < 1.29 is 19.8 Å². The highest BCUT2D eigenvalue weighted by molar-refractivity contribution is 9.10. The number of aliphatic carboxylic acids is 1. The number of carbonyl (C=O) groups is 2. The van der Waals surface area contributed by atoms with Gasteiger partial charge in [-0.25, -0.2) is 9.78 Å². The number of pyridine rings is 1. The number of carboxylic acids is 1. The first kappa shape index (κ1) is 13.6. The van der Waals surface area contributed by atoms with Gasteiger partial charge in [0.25, 0.3) is 5.91 Å². The van der Waals surface area contributed by atoms with E-state index >= 15 is 0 Å². The summed E-state index contributed by atoms with van der Waals surface area (Å²) in [6, 6.07) is 1.99. The number of aromatic nitrogens is 1. The second-order valence-electron chi connectivity index (χ2n) is 3.24. The van der Waals surface area contributed by atoms with Gasteiger partial charge in [0.15, 0.2) is 0 Å². The maximum atomic E-state index is 11.6. The van der Waals surface area contributed by atoms with E-state index in [-0.39, 0.29) is 18.7 Å². The van der Waals surface area contributed by atoms with Crippen LogP contribution in [0, 0.1) is 0 Å². The van der Waals surface area contributed by atoms with Gasteiger partial charge in [0.1, 0.15) is 11.7 Å². The minimum atomic E-state index is -1.19. The molecule has 0 fully saturated rings. The van der Waals surface area contributed by atoms with Gasteiger partial charge < -0.3 is 15.5 Å². The fraction of sp³-hybridized carbons (Fsp3) is 0.300. The first-order valence-electron chi connectivity index (χ1n) is 4.80. The summed E-state index contributed by atoms with van der Waals surface area (Å²) in [6.45, 7) is -0.314. The predicted octanol–water partition coefficient (Wildman–Crippen LogP) is 0.409. The fourth-order valence-corrected chi connectivity index (χ4v) is 1.36. The molecule has 1 amide bonds. The predicted molar refractivity (Wildman–Crippen MR) is 62.5 cm³/mol. The lowest BCUT2D eigenvalue weighted by molar-refractivity contribution is -0.139. The molecular formula is C10H11BrN2O4. The number of rotatable bonds is 5. The minimum Gasteiger partial charge on any atom is -0.480 e. The molecule has 0 saturated carbocycles. The maximum absolute atomic E-state index is 11.6. The summed E-state index contributed by atoms with van der Waals surface area (Å²) in [4.78, 5) is 26.2. The van der Waals surface area contributed by atoms with Crippen LogP contribution in [-0.4, -0.2) is 39.7 Å². The molecule has 0 saturated heterocycles. The average molecular weight is 303 g/mol. The molecule has 17 heavy (non-hydrogen) atoms. The Morgan fingerprint density at radius 2 is 2.18 bits per heavy atom. The number of nitrogens with one attached hydrogen (secondary N) is 1. The van der Waals surface area contributed by atoms with Crippen molar-refractivity contribution in [1.82, 2.24) is 10.3 Å². The Morgan fingerprint density at radius 3 is 2.65 bits per heavy atom. The highest BCUT2D eigenvalue weighted by Crippen LogP contribution is 2.07. The van der Waals surface area contributed by atoms with Crippen LogP contribution in [-0.2, 0) is 4.79 Å². The van der Waals surface area contributed by atoms with Gasteiger partial charge in [0.2, 0.25) is 0 Å². The molecule has 0 aliphatic heterocycles. The van der Waals surface area contributed by atoms with Crippen molar-refractivity contribution in [2.24, 2.45) is 0 Å². The lowest BCUT2D eigenvalue weighted by Crippen LogP contribution is -2.41. The molecule has 0 spiro atoms. The van der Waals surface area contributed by atoms with E-state index < -0.39 is 17.9 Å². The Hall–Kier alpha value is -1.47. The van der Waals surface area contributed by atoms with Crippen molar-refractivity contribution in [3.63, 3.8) is 0 Å². The van der Waals surface area contributed by atoms with Gasteiger partial charge in [-0.15, -0.1) is 0 Å². The third kappa shape index (κ3) is 4.12. The topological polar surface area (TPSA) is 99.5 Å². The van der Waals surface area contributed by atoms with Crippen molar-refractivity contribution in [2.45, 2.75) is 12.5 Å². The van der Waals surface area contributed by atoms with Crippen LogP contribution in [0.25, 0.3) is 0 Å². The standard InChI is InChI=1S/C10H11BrN2O4/c11-6-1-2-7(12-5-6)9(15)13-8(3-4-14)10(16)17/h1-2,5,8,14H,3-4H2,(H,13,15)(H,16,17)/t8-/m0/s1. The normalized spacial score (nSPS) is 11.9. The number of hydrogen-bond acceptors (Lipinski definition) is 4. The van der Waals surface area contributed by atoms with E-state index in [1.807, 2.05) is 0 Å². The van der Waals surface area contributed by atoms with Crippen molar-refractivity contribution in [3.8, 4) is 0 Å². The summed E-state index contributed by atoms with van der Waals surface area (Å²) in [7, 11) is 0. The molecule has 0 aliphatic rings. The lowest BCUT2D eigenvalue weighted by Gasteiger charge is -2.12. The molecule has 0 unspecified atom stereocenters. The van der Waals surface area contributed by atoms with Crippen LogP contribution in [0.1, 0.15) is 16.9 Å². The van der Waals surface area contributed by atoms with E-state index in [2.05, 4.69) is 26.2 Å². The van der Waals surface area contributed by atoms with Crippen LogP contribution in [0.4, 0.5) is 0 Å². The lowest BCUT2D eigenvalue weighted by atomic mass is 10.2. The highest BCUT2D eigenvalue weighted by Gasteiger charge is 2.20. The number of carboxylic acid groups (broad SMARTS) is 1. The largest absolute Gasteiger partial charge is 0.480 e. The monoisotopic (exact) mass is 302 g/mol. The van der Waals surface area contributed by atoms with Gasteiger partial charge in [0.05, 0.1) is 0 Å². The number of aliphatic hydroxyl groups excluding tert-OH is 1. The number of carbonyl (C=O) groups excluding carboxylic acids is 1. The van der Waals surface area contributed by atoms with Crippen LogP contribution >= 0.6 is 15.9 Å². The first-order chi connectivity index (χ1) is 8.04. The Morgan fingerprint density at radius 1 is 1.47 bits per heavy atom. The zero-order valence-electron chi connectivity index (χ0n) is 8.76. The summed E-state index contributed by atoms with van der Waals surface area (Å²) in [5.41, 5.74) is 0.123. The maximum Gasteiger partial charge on any atom is 0.326 e. The Balaban J connectivity index is 2.70. The van der Waals surface area contributed by atoms with Crippen molar-refractivity contribution in [2.75, 3.05) is 6.61 Å². The molecule has 1 rings (SSSR count). The highest BCUT2D eigenvalue weighted by atomic mass is 79.9. The summed E-state index contributed by atoms with van der Waals surface area (Å²) in [6.07, 6.45) is 1.40. The van der Waals surface area contributed by atoms with Gasteiger partial charge in [0, 0.05) is 23.7 Å². The smallest absolute Gasteiger partial charge is 0.326 e. The molecule has 7 heteroatoms. The molecule has 0 bridgehead atoms. The quantitative estimate of drug-likeness (QED) is 0.731. The number of halogens is 1. The molecule has 0 aromatic carbocycles. The molecule has 1 atom stereocenters. The second kappa shape index (κ2) is 6.31. The van der Waals surface area contributed by atoms with Crippen molar-refractivity contribution in [3.05, 3.63) is 28.5 Å². The van der Waals surface area contributed by atoms with Gasteiger partial charge in [-0.2, -0.15) is 0 Å². The van der Waals surface area contributed by atoms with Crippen LogP contribution < -0.4 is 5.32 Å². The van der Waals surface area contributed by atoms with E-state index in [1.165, 1.54) is 12.3 Å². The van der Waals surface area contributed by atoms with E-state index in [0.29, 0.717) is 0 Å². The summed E-state index contributed by atoms with van der Waals surface area (Å²) in [5.74, 6) is -1.78. The first-order valence-corrected chi connectivity index (χ1v) is 5.60. The summed E-state index contributed by atoms with van der Waals surface area (Å²) >= 11 is 3.17. The molecule has 3 N–H and O–H groups in total. The van der Waals surface area contributed by atoms with Gasteiger partial charge in [-0.1, -0.05) is 0 Å². The molecule has 6 nitrogen and oxygen atoms in total. The average Bonchev–Trinajstić information content (AvgIpc) is 2.29. The molecule has 0 aliphatic carbocycles. The Labute approximate surface area is 106 Å². The van der Waals surface area contributed by atoms with Gasteiger partial charge >= 0.3 is 5.97 Å². The van der Waals surface area contributed by atoms with E-state index in [0.717, 1.165) is 4.47 Å². The zero-order chi connectivity index (χ0) is 12.8. The molecule has 1 aromatic heterocycles. The molecule has 0 radical (unpaired) electrons. The SMILES string of the molecule is O=C(N[C@@H](CCO)C(=O)O)c1ccc(Br)cn1.